The van der Waals surface area contributed by atoms with E-state index in [0.717, 1.165) is 22.3 Å². The summed E-state index contributed by atoms with van der Waals surface area (Å²) in [4.78, 5) is 30.1. The molecular formula is C56H62N7O9P. The van der Waals surface area contributed by atoms with Crippen LogP contribution in [0.15, 0.2) is 152 Å². The summed E-state index contributed by atoms with van der Waals surface area (Å²) in [5, 5.41) is 9.59. The molecule has 0 bridgehead atoms. The van der Waals surface area contributed by atoms with Gasteiger partial charge in [-0.2, -0.15) is 5.26 Å². The molecule has 0 spiro atoms. The van der Waals surface area contributed by atoms with E-state index in [1.165, 1.54) is 6.33 Å². The van der Waals surface area contributed by atoms with Crippen LogP contribution in [0, 0.1) is 11.3 Å². The van der Waals surface area contributed by atoms with Crippen molar-refractivity contribution < 1.29 is 42.3 Å². The molecule has 380 valence electrons. The van der Waals surface area contributed by atoms with Crippen LogP contribution in [0.2, 0.25) is 0 Å². The zero-order valence-electron chi connectivity index (χ0n) is 42.2. The molecule has 7 aromatic rings. The van der Waals surface area contributed by atoms with Crippen molar-refractivity contribution in [2.24, 2.45) is 0 Å². The first-order chi connectivity index (χ1) is 35.6. The van der Waals surface area contributed by atoms with Crippen molar-refractivity contribution in [3.63, 3.8) is 0 Å². The summed E-state index contributed by atoms with van der Waals surface area (Å²) < 4.78 is 56.0. The highest BCUT2D eigenvalue weighted by molar-refractivity contribution is 7.44. The van der Waals surface area contributed by atoms with E-state index in [2.05, 4.69) is 43.4 Å². The van der Waals surface area contributed by atoms with Crippen LogP contribution < -0.4 is 19.1 Å². The Morgan fingerprint density at radius 2 is 1.34 bits per heavy atom. The number of para-hydroxylation sites is 1. The standard InChI is InChI=1S/C56H62N7O9P/c1-39(2)63(40(3)4)73(70-33-17-32-57)72-51-48(35-69-56(42-20-13-9-14-21-42,43-24-28-45(65-5)29-25-43)44-26-30-46(66-6)31-27-44)71-55(52(51)67-7)62-38-60-50-53(58-37-59-54(50)62)61(34-41-18-11-8-12-19-41)49(64)36-68-47-22-15-10-16-23-47/h8-16,18-31,37-40,48,51-52,55H,17,33-36H2,1-7H3/t48-,51?,52+,55-,73?/m1/s1. The highest BCUT2D eigenvalue weighted by Gasteiger charge is 2.51. The third kappa shape index (κ3) is 11.9. The van der Waals surface area contributed by atoms with Crippen LogP contribution in [0.5, 0.6) is 17.2 Å². The number of amides is 1. The van der Waals surface area contributed by atoms with Crippen molar-refractivity contribution in [2.45, 2.75) is 82.9 Å². The molecule has 5 atom stereocenters. The van der Waals surface area contributed by atoms with Crippen molar-refractivity contribution in [1.82, 2.24) is 24.2 Å². The fourth-order valence-corrected chi connectivity index (χ4v) is 10.9. The molecule has 0 saturated carbocycles. The molecule has 3 heterocycles. The van der Waals surface area contributed by atoms with Crippen molar-refractivity contribution in [2.75, 3.05) is 46.0 Å². The van der Waals surface area contributed by atoms with E-state index < -0.39 is 38.7 Å². The van der Waals surface area contributed by atoms with Gasteiger partial charge in [-0.05, 0) is 86.3 Å². The summed E-state index contributed by atoms with van der Waals surface area (Å²) in [7, 11) is 3.07. The number of carbonyl (C=O) groups excluding carboxylic acids is 1. The number of aromatic nitrogens is 4. The van der Waals surface area contributed by atoms with Crippen LogP contribution in [-0.2, 0) is 40.2 Å². The average molecular weight is 1010 g/mol. The number of hydrogen-bond acceptors (Lipinski definition) is 14. The summed E-state index contributed by atoms with van der Waals surface area (Å²) in [6.07, 6.45) is -0.136. The Morgan fingerprint density at radius 1 is 0.753 bits per heavy atom. The fraction of sp³-hybridized carbons (Fsp3) is 0.339. The lowest BCUT2D eigenvalue weighted by Crippen LogP contribution is -2.42. The Kier molecular flexibility index (Phi) is 17.8. The van der Waals surface area contributed by atoms with Gasteiger partial charge in [0.2, 0.25) is 0 Å². The first kappa shape index (κ1) is 52.5. The van der Waals surface area contributed by atoms with Gasteiger partial charge in [-0.25, -0.2) is 19.6 Å². The summed E-state index contributed by atoms with van der Waals surface area (Å²) in [6.45, 7) is 8.41. The van der Waals surface area contributed by atoms with E-state index in [-0.39, 0.29) is 50.8 Å². The van der Waals surface area contributed by atoms with Crippen molar-refractivity contribution in [3.05, 3.63) is 174 Å². The van der Waals surface area contributed by atoms with Crippen LogP contribution in [0.25, 0.3) is 11.2 Å². The van der Waals surface area contributed by atoms with Crippen LogP contribution in [0.1, 0.15) is 62.6 Å². The first-order valence-corrected chi connectivity index (χ1v) is 25.3. The van der Waals surface area contributed by atoms with E-state index in [1.807, 2.05) is 127 Å². The number of methoxy groups -OCH3 is 3. The van der Waals surface area contributed by atoms with Gasteiger partial charge in [0.25, 0.3) is 14.4 Å². The summed E-state index contributed by atoms with van der Waals surface area (Å²) >= 11 is 0. The SMILES string of the molecule is COc1ccc(C(OC[C@H]2O[C@@H](n3cnc4c(N(Cc5ccccc5)C(=O)COc5ccccc5)ncnc43)[C@@H](OC)C2OP(OCCC#N)N(C(C)C)C(C)C)(c2ccccc2)c2ccc(OC)cc2)cc1. The van der Waals surface area contributed by atoms with Crippen molar-refractivity contribution in [1.29, 1.82) is 5.26 Å². The monoisotopic (exact) mass is 1010 g/mol. The molecule has 1 aliphatic heterocycles. The quantitative estimate of drug-likeness (QED) is 0.0319. The fourth-order valence-electron chi connectivity index (χ4n) is 9.13. The second kappa shape index (κ2) is 24.8. The lowest BCUT2D eigenvalue weighted by Gasteiger charge is -2.39. The number of hydrogen-bond donors (Lipinski definition) is 0. The number of nitrogens with zero attached hydrogens (tertiary/aromatic N) is 7. The lowest BCUT2D eigenvalue weighted by molar-refractivity contribution is -0.120. The maximum atomic E-state index is 14.3. The first-order valence-electron chi connectivity index (χ1n) is 24.2. The van der Waals surface area contributed by atoms with E-state index in [0.29, 0.717) is 34.2 Å². The number of rotatable bonds is 24. The predicted octanol–water partition coefficient (Wildman–Crippen LogP) is 10.0. The van der Waals surface area contributed by atoms with E-state index >= 15 is 0 Å². The zero-order valence-corrected chi connectivity index (χ0v) is 43.1. The van der Waals surface area contributed by atoms with Crippen LogP contribution in [-0.4, -0.2) is 102 Å². The Hall–Kier alpha value is -6.80. The number of imidazole rings is 1. The molecule has 17 heteroatoms. The molecule has 8 rings (SSSR count). The number of benzene rings is 5. The van der Waals surface area contributed by atoms with Gasteiger partial charge in [-0.15, -0.1) is 0 Å². The molecule has 2 unspecified atom stereocenters. The van der Waals surface area contributed by atoms with Gasteiger partial charge < -0.3 is 37.5 Å². The van der Waals surface area contributed by atoms with Crippen LogP contribution >= 0.6 is 8.53 Å². The Labute approximate surface area is 428 Å². The van der Waals surface area contributed by atoms with E-state index in [4.69, 9.17) is 47.4 Å². The van der Waals surface area contributed by atoms with Gasteiger partial charge in [0.05, 0.1) is 52.8 Å². The minimum Gasteiger partial charge on any atom is -0.497 e. The third-order valence-electron chi connectivity index (χ3n) is 12.5. The molecule has 5 aromatic carbocycles. The number of nitriles is 1. The number of anilines is 1. The molecule has 0 radical (unpaired) electrons. The minimum absolute atomic E-state index is 0.00485. The highest BCUT2D eigenvalue weighted by atomic mass is 31.2. The van der Waals surface area contributed by atoms with Gasteiger partial charge in [-0.1, -0.05) is 103 Å². The van der Waals surface area contributed by atoms with E-state index in [1.54, 1.807) is 49.3 Å². The second-order valence-corrected chi connectivity index (χ2v) is 19.2. The van der Waals surface area contributed by atoms with E-state index in [9.17, 15) is 10.1 Å². The number of ether oxygens (including phenoxy) is 6. The molecule has 1 fully saturated rings. The van der Waals surface area contributed by atoms with Crippen molar-refractivity contribution in [3.8, 4) is 23.3 Å². The molecular weight excluding hydrogens is 946 g/mol. The van der Waals surface area contributed by atoms with Gasteiger partial charge in [0.15, 0.2) is 29.8 Å². The van der Waals surface area contributed by atoms with Gasteiger partial charge >= 0.3 is 0 Å². The highest BCUT2D eigenvalue weighted by Crippen LogP contribution is 2.51. The topological polar surface area (TPSA) is 165 Å². The molecule has 73 heavy (non-hydrogen) atoms. The Morgan fingerprint density at radius 3 is 1.92 bits per heavy atom. The average Bonchev–Trinajstić information content (AvgIpc) is 4.02. The normalized spacial score (nSPS) is 17.2. The minimum atomic E-state index is -1.81. The Bertz CT molecular complexity index is 2820. The summed E-state index contributed by atoms with van der Waals surface area (Å²) in [6, 6.07) is 46.7. The second-order valence-electron chi connectivity index (χ2n) is 17.8. The van der Waals surface area contributed by atoms with Crippen molar-refractivity contribution >= 4 is 31.4 Å². The zero-order chi connectivity index (χ0) is 51.3. The smallest absolute Gasteiger partial charge is 0.266 e. The van der Waals surface area contributed by atoms with Crippen LogP contribution in [0.3, 0.4) is 0 Å². The molecule has 0 N–H and O–H groups in total. The predicted molar refractivity (Wildman–Crippen MR) is 278 cm³/mol. The Balaban J connectivity index is 1.22. The molecule has 1 aliphatic rings. The number of carbonyl (C=O) groups is 1. The number of fused-ring (bicyclic) bond motifs is 1. The lowest BCUT2D eigenvalue weighted by atomic mass is 9.80. The molecule has 0 aliphatic carbocycles. The summed E-state index contributed by atoms with van der Waals surface area (Å²) in [5.41, 5.74) is 2.96. The molecule has 16 nitrogen and oxygen atoms in total. The molecule has 2 aromatic heterocycles. The molecule has 1 saturated heterocycles. The largest absolute Gasteiger partial charge is 0.497 e. The van der Waals surface area contributed by atoms with Crippen LogP contribution in [0.4, 0.5) is 5.82 Å². The third-order valence-corrected chi connectivity index (χ3v) is 14.7. The van der Waals surface area contributed by atoms with Gasteiger partial charge in [0, 0.05) is 19.2 Å². The summed E-state index contributed by atoms with van der Waals surface area (Å²) in [5.74, 6) is 1.90. The maximum absolute atomic E-state index is 14.3. The van der Waals surface area contributed by atoms with Gasteiger partial charge in [-0.3, -0.25) is 14.3 Å². The van der Waals surface area contributed by atoms with Gasteiger partial charge in [0.1, 0.15) is 47.5 Å². The molecule has 1 amide bonds. The maximum Gasteiger partial charge on any atom is 0.266 e.